The largest absolute Gasteiger partial charge is 0.395 e. The van der Waals surface area contributed by atoms with Gasteiger partial charge in [0.05, 0.1) is 6.61 Å². The zero-order valence-electron chi connectivity index (χ0n) is 8.81. The van der Waals surface area contributed by atoms with Crippen LogP contribution in [0.15, 0.2) is 24.3 Å². The fourth-order valence-corrected chi connectivity index (χ4v) is 1.34. The van der Waals surface area contributed by atoms with Crippen LogP contribution in [0, 0.1) is 0 Å². The first-order chi connectivity index (χ1) is 7.13. The molecule has 3 N–H and O–H groups in total. The molecule has 0 aliphatic heterocycles. The maximum Gasteiger partial charge on any atom is 0.248 e. The molecule has 4 heteroatoms. The Morgan fingerprint density at radius 3 is 2.47 bits per heavy atom. The first kappa shape index (κ1) is 11.7. The molecule has 1 aromatic carbocycles. The lowest BCUT2D eigenvalue weighted by Crippen LogP contribution is -2.21. The highest BCUT2D eigenvalue weighted by Crippen LogP contribution is 2.06. The van der Waals surface area contributed by atoms with Gasteiger partial charge in [-0.2, -0.15) is 0 Å². The third-order valence-electron chi connectivity index (χ3n) is 2.17. The van der Waals surface area contributed by atoms with Crippen molar-refractivity contribution < 1.29 is 9.90 Å². The Morgan fingerprint density at radius 1 is 1.40 bits per heavy atom. The zero-order chi connectivity index (χ0) is 11.3. The number of nitrogens with zero attached hydrogens (tertiary/aromatic N) is 1. The Kier molecular flexibility index (Phi) is 4.27. The average molecular weight is 208 g/mol. The van der Waals surface area contributed by atoms with E-state index < -0.39 is 5.91 Å². The third-order valence-corrected chi connectivity index (χ3v) is 2.17. The van der Waals surface area contributed by atoms with E-state index in [0.29, 0.717) is 12.1 Å². The molecule has 0 radical (unpaired) electrons. The van der Waals surface area contributed by atoms with Gasteiger partial charge in [0.25, 0.3) is 0 Å². The quantitative estimate of drug-likeness (QED) is 0.727. The van der Waals surface area contributed by atoms with E-state index in [9.17, 15) is 4.79 Å². The smallest absolute Gasteiger partial charge is 0.248 e. The SMILES string of the molecule is CN(CCO)Cc1ccc(C(N)=O)cc1. The molecule has 0 spiro atoms. The van der Waals surface area contributed by atoms with Crippen LogP contribution in [0.25, 0.3) is 0 Å². The fraction of sp³-hybridized carbons (Fsp3) is 0.364. The number of amides is 1. The van der Waals surface area contributed by atoms with Crippen molar-refractivity contribution >= 4 is 5.91 Å². The lowest BCUT2D eigenvalue weighted by molar-refractivity contribution is 0.100. The second-order valence-electron chi connectivity index (χ2n) is 3.52. The van der Waals surface area contributed by atoms with Crippen LogP contribution >= 0.6 is 0 Å². The maximum absolute atomic E-state index is 10.8. The van der Waals surface area contributed by atoms with Gasteiger partial charge in [-0.1, -0.05) is 12.1 Å². The van der Waals surface area contributed by atoms with Crippen molar-refractivity contribution in [3.63, 3.8) is 0 Å². The van der Waals surface area contributed by atoms with Crippen molar-refractivity contribution in [2.75, 3.05) is 20.2 Å². The van der Waals surface area contributed by atoms with E-state index in [-0.39, 0.29) is 6.61 Å². The Hall–Kier alpha value is -1.39. The van der Waals surface area contributed by atoms with Gasteiger partial charge in [-0.3, -0.25) is 9.69 Å². The molecule has 0 saturated heterocycles. The molecule has 0 aliphatic rings. The molecule has 0 aromatic heterocycles. The molecule has 15 heavy (non-hydrogen) atoms. The Bertz CT molecular complexity index is 322. The van der Waals surface area contributed by atoms with Crippen molar-refractivity contribution in [3.8, 4) is 0 Å². The molecular weight excluding hydrogens is 192 g/mol. The van der Waals surface area contributed by atoms with E-state index in [1.165, 1.54) is 0 Å². The summed E-state index contributed by atoms with van der Waals surface area (Å²) in [4.78, 5) is 12.8. The Balaban J connectivity index is 2.60. The number of likely N-dealkylation sites (N-methyl/N-ethyl adjacent to an activating group) is 1. The normalized spacial score (nSPS) is 10.6. The van der Waals surface area contributed by atoms with Gasteiger partial charge in [-0.15, -0.1) is 0 Å². The summed E-state index contributed by atoms with van der Waals surface area (Å²) < 4.78 is 0. The van der Waals surface area contributed by atoms with Crippen LogP contribution in [0.2, 0.25) is 0 Å². The number of aliphatic hydroxyl groups is 1. The van der Waals surface area contributed by atoms with Gasteiger partial charge < -0.3 is 10.8 Å². The number of hydrogen-bond acceptors (Lipinski definition) is 3. The third kappa shape index (κ3) is 3.69. The van der Waals surface area contributed by atoms with Crippen molar-refractivity contribution in [1.82, 2.24) is 4.90 Å². The van der Waals surface area contributed by atoms with Crippen molar-refractivity contribution in [2.45, 2.75) is 6.54 Å². The summed E-state index contributed by atoms with van der Waals surface area (Å²) in [7, 11) is 1.93. The number of nitrogens with two attached hydrogens (primary N) is 1. The van der Waals surface area contributed by atoms with Crippen LogP contribution in [-0.2, 0) is 6.54 Å². The van der Waals surface area contributed by atoms with Gasteiger partial charge in [0.15, 0.2) is 0 Å². The standard InChI is InChI=1S/C11H16N2O2/c1-13(6-7-14)8-9-2-4-10(5-3-9)11(12)15/h2-5,14H,6-8H2,1H3,(H2,12,15). The highest BCUT2D eigenvalue weighted by atomic mass is 16.3. The second kappa shape index (κ2) is 5.48. The molecule has 0 bridgehead atoms. The van der Waals surface area contributed by atoms with Gasteiger partial charge in [0, 0.05) is 18.7 Å². The molecule has 1 rings (SSSR count). The summed E-state index contributed by atoms with van der Waals surface area (Å²) in [5.74, 6) is -0.412. The second-order valence-corrected chi connectivity index (χ2v) is 3.52. The van der Waals surface area contributed by atoms with E-state index in [0.717, 1.165) is 12.1 Å². The zero-order valence-corrected chi connectivity index (χ0v) is 8.81. The number of rotatable bonds is 5. The van der Waals surface area contributed by atoms with E-state index >= 15 is 0 Å². The monoisotopic (exact) mass is 208 g/mol. The molecule has 0 atom stereocenters. The summed E-state index contributed by atoms with van der Waals surface area (Å²) >= 11 is 0. The highest BCUT2D eigenvalue weighted by molar-refractivity contribution is 5.92. The number of carbonyl (C=O) groups excluding carboxylic acids is 1. The first-order valence-electron chi connectivity index (χ1n) is 4.81. The average Bonchev–Trinajstić information content (AvgIpc) is 2.18. The molecule has 4 nitrogen and oxygen atoms in total. The number of benzene rings is 1. The Labute approximate surface area is 89.3 Å². The van der Waals surface area contributed by atoms with Gasteiger partial charge in [-0.25, -0.2) is 0 Å². The van der Waals surface area contributed by atoms with Crippen molar-refractivity contribution in [2.24, 2.45) is 5.73 Å². The van der Waals surface area contributed by atoms with E-state index in [4.69, 9.17) is 10.8 Å². The molecular formula is C11H16N2O2. The van der Waals surface area contributed by atoms with Crippen LogP contribution in [0.1, 0.15) is 15.9 Å². The summed E-state index contributed by atoms with van der Waals surface area (Å²) in [5.41, 5.74) is 6.74. The molecule has 0 heterocycles. The minimum absolute atomic E-state index is 0.149. The Morgan fingerprint density at radius 2 is 2.00 bits per heavy atom. The predicted octanol–water partition coefficient (Wildman–Crippen LogP) is 0.210. The summed E-state index contributed by atoms with van der Waals surface area (Å²) in [5, 5.41) is 8.73. The maximum atomic E-state index is 10.8. The molecule has 0 aliphatic carbocycles. The number of primary amides is 1. The van der Waals surface area contributed by atoms with E-state index in [1.807, 2.05) is 24.1 Å². The van der Waals surface area contributed by atoms with E-state index in [1.54, 1.807) is 12.1 Å². The molecule has 0 fully saturated rings. The van der Waals surface area contributed by atoms with Crippen molar-refractivity contribution in [1.29, 1.82) is 0 Å². The topological polar surface area (TPSA) is 66.6 Å². The fourth-order valence-electron chi connectivity index (χ4n) is 1.34. The predicted molar refractivity (Wildman–Crippen MR) is 58.4 cm³/mol. The first-order valence-corrected chi connectivity index (χ1v) is 4.81. The van der Waals surface area contributed by atoms with Crippen LogP contribution in [0.4, 0.5) is 0 Å². The minimum Gasteiger partial charge on any atom is -0.395 e. The highest BCUT2D eigenvalue weighted by Gasteiger charge is 2.02. The number of carbonyl (C=O) groups is 1. The molecule has 0 saturated carbocycles. The summed E-state index contributed by atoms with van der Waals surface area (Å²) in [6.07, 6.45) is 0. The number of hydrogen-bond donors (Lipinski definition) is 2. The van der Waals surface area contributed by atoms with Crippen LogP contribution < -0.4 is 5.73 Å². The van der Waals surface area contributed by atoms with Gasteiger partial charge >= 0.3 is 0 Å². The van der Waals surface area contributed by atoms with Gasteiger partial charge in [-0.05, 0) is 24.7 Å². The lowest BCUT2D eigenvalue weighted by Gasteiger charge is -2.14. The van der Waals surface area contributed by atoms with Crippen LogP contribution in [0.5, 0.6) is 0 Å². The summed E-state index contributed by atoms with van der Waals surface area (Å²) in [6.45, 7) is 1.53. The summed E-state index contributed by atoms with van der Waals surface area (Å²) in [6, 6.07) is 7.16. The van der Waals surface area contributed by atoms with E-state index in [2.05, 4.69) is 0 Å². The van der Waals surface area contributed by atoms with Gasteiger partial charge in [0.2, 0.25) is 5.91 Å². The molecule has 1 aromatic rings. The van der Waals surface area contributed by atoms with Crippen LogP contribution in [-0.4, -0.2) is 36.1 Å². The molecule has 82 valence electrons. The molecule has 0 unspecified atom stereocenters. The van der Waals surface area contributed by atoms with Crippen LogP contribution in [0.3, 0.4) is 0 Å². The lowest BCUT2D eigenvalue weighted by atomic mass is 10.1. The number of aliphatic hydroxyl groups excluding tert-OH is 1. The van der Waals surface area contributed by atoms with Gasteiger partial charge in [0.1, 0.15) is 0 Å². The van der Waals surface area contributed by atoms with Crippen molar-refractivity contribution in [3.05, 3.63) is 35.4 Å². The minimum atomic E-state index is -0.412. The molecule has 1 amide bonds.